The highest BCUT2D eigenvalue weighted by Gasteiger charge is 2.11. The first-order chi connectivity index (χ1) is 10.1. The maximum Gasteiger partial charge on any atom is 0.125 e. The van der Waals surface area contributed by atoms with Crippen LogP contribution >= 0.6 is 0 Å². The lowest BCUT2D eigenvalue weighted by atomic mass is 10.1. The molecule has 4 heteroatoms. The van der Waals surface area contributed by atoms with E-state index in [0.717, 1.165) is 0 Å². The largest absolute Gasteiger partial charge is 0.489 e. The fourth-order valence-corrected chi connectivity index (χ4v) is 2.07. The molecule has 0 aliphatic heterocycles. The molecule has 1 atom stereocenters. The molecule has 2 rings (SSSR count). The summed E-state index contributed by atoms with van der Waals surface area (Å²) in [7, 11) is 0. The second-order valence-corrected chi connectivity index (χ2v) is 4.71. The zero-order chi connectivity index (χ0) is 15.2. The molecule has 0 aromatic heterocycles. The molecular formula is C17H16FNO2. The van der Waals surface area contributed by atoms with Gasteiger partial charge in [0.1, 0.15) is 18.2 Å². The highest BCUT2D eigenvalue weighted by molar-refractivity contribution is 5.36. The average Bonchev–Trinajstić information content (AvgIpc) is 2.51. The molecule has 3 nitrogen and oxygen atoms in total. The lowest BCUT2D eigenvalue weighted by Gasteiger charge is -2.15. The molecule has 0 amide bonds. The summed E-state index contributed by atoms with van der Waals surface area (Å²) in [6.45, 7) is 2.02. The summed E-state index contributed by atoms with van der Waals surface area (Å²) in [5.41, 5.74) is 1.54. The molecule has 1 N–H and O–H groups in total. The summed E-state index contributed by atoms with van der Waals surface area (Å²) in [6.07, 6.45) is -0.0118. The molecule has 0 saturated carbocycles. The van der Waals surface area contributed by atoms with Gasteiger partial charge in [-0.1, -0.05) is 25.1 Å². The van der Waals surface area contributed by atoms with Crippen molar-refractivity contribution in [1.29, 1.82) is 5.26 Å². The van der Waals surface area contributed by atoms with Crippen molar-refractivity contribution >= 4 is 0 Å². The van der Waals surface area contributed by atoms with Crippen LogP contribution in [0, 0.1) is 17.1 Å². The minimum atomic E-state index is -0.594. The Morgan fingerprint density at radius 1 is 1.29 bits per heavy atom. The van der Waals surface area contributed by atoms with Gasteiger partial charge in [-0.3, -0.25) is 0 Å². The lowest BCUT2D eigenvalue weighted by molar-refractivity contribution is 0.166. The summed E-state index contributed by atoms with van der Waals surface area (Å²) in [4.78, 5) is 0. The number of halogens is 1. The predicted octanol–water partition coefficient (Wildman–Crippen LogP) is 3.72. The van der Waals surface area contributed by atoms with Gasteiger partial charge in [-0.05, 0) is 36.2 Å². The molecule has 108 valence electrons. The number of nitrogens with zero attached hydrogens (tertiary/aromatic N) is 1. The number of hydrogen-bond acceptors (Lipinski definition) is 3. The van der Waals surface area contributed by atoms with E-state index >= 15 is 0 Å². The van der Waals surface area contributed by atoms with Crippen LogP contribution in [0.3, 0.4) is 0 Å². The van der Waals surface area contributed by atoms with Crippen LogP contribution < -0.4 is 4.74 Å². The van der Waals surface area contributed by atoms with Crippen LogP contribution in [0.5, 0.6) is 5.75 Å². The van der Waals surface area contributed by atoms with Crippen LogP contribution in [0.15, 0.2) is 42.5 Å². The predicted molar refractivity (Wildman–Crippen MR) is 77.1 cm³/mol. The summed E-state index contributed by atoms with van der Waals surface area (Å²) >= 11 is 0. The Labute approximate surface area is 123 Å². The quantitative estimate of drug-likeness (QED) is 0.911. The van der Waals surface area contributed by atoms with Gasteiger partial charge < -0.3 is 9.84 Å². The third-order valence-electron chi connectivity index (χ3n) is 3.15. The SMILES string of the molecule is CC[C@@H](O)c1ccccc1OCc1cc(F)cc(C#N)c1. The average molecular weight is 285 g/mol. The molecule has 2 aromatic carbocycles. The van der Waals surface area contributed by atoms with E-state index in [1.165, 1.54) is 12.1 Å². The summed E-state index contributed by atoms with van der Waals surface area (Å²) in [6, 6.07) is 13.2. The van der Waals surface area contributed by atoms with Gasteiger partial charge >= 0.3 is 0 Å². The summed E-state index contributed by atoms with van der Waals surface area (Å²) in [5.74, 6) is 0.101. The first-order valence-electron chi connectivity index (χ1n) is 6.73. The molecule has 2 aromatic rings. The second-order valence-electron chi connectivity index (χ2n) is 4.71. The molecule has 0 aliphatic rings. The number of nitriles is 1. The third kappa shape index (κ3) is 3.80. The van der Waals surface area contributed by atoms with Crippen LogP contribution in [-0.2, 0) is 6.61 Å². The smallest absolute Gasteiger partial charge is 0.125 e. The Hall–Kier alpha value is -2.38. The number of benzene rings is 2. The minimum absolute atomic E-state index is 0.139. The van der Waals surface area contributed by atoms with Crippen LogP contribution in [0.4, 0.5) is 4.39 Å². The van der Waals surface area contributed by atoms with Gasteiger partial charge in [0.05, 0.1) is 17.7 Å². The van der Waals surface area contributed by atoms with Crippen LogP contribution in [0.2, 0.25) is 0 Å². The maximum atomic E-state index is 13.4. The number of ether oxygens (including phenoxy) is 1. The van der Waals surface area contributed by atoms with E-state index in [9.17, 15) is 9.50 Å². The highest BCUT2D eigenvalue weighted by Crippen LogP contribution is 2.27. The van der Waals surface area contributed by atoms with Crippen molar-refractivity contribution in [3.8, 4) is 11.8 Å². The van der Waals surface area contributed by atoms with E-state index in [1.54, 1.807) is 18.2 Å². The van der Waals surface area contributed by atoms with Gasteiger partial charge in [-0.25, -0.2) is 4.39 Å². The second kappa shape index (κ2) is 6.87. The van der Waals surface area contributed by atoms with E-state index in [2.05, 4.69) is 0 Å². The van der Waals surface area contributed by atoms with Gasteiger partial charge in [0.15, 0.2) is 0 Å². The third-order valence-corrected chi connectivity index (χ3v) is 3.15. The summed E-state index contributed by atoms with van der Waals surface area (Å²) < 4.78 is 19.0. The van der Waals surface area contributed by atoms with E-state index in [1.807, 2.05) is 25.1 Å². The zero-order valence-electron chi connectivity index (χ0n) is 11.7. The van der Waals surface area contributed by atoms with E-state index < -0.39 is 11.9 Å². The van der Waals surface area contributed by atoms with Crippen molar-refractivity contribution in [1.82, 2.24) is 0 Å². The Morgan fingerprint density at radius 3 is 2.76 bits per heavy atom. The number of rotatable bonds is 5. The molecule has 0 saturated heterocycles. The van der Waals surface area contributed by atoms with E-state index in [-0.39, 0.29) is 12.2 Å². The number of aliphatic hydroxyl groups excluding tert-OH is 1. The Bertz CT molecular complexity index is 664. The summed E-state index contributed by atoms with van der Waals surface area (Å²) in [5, 5.41) is 18.8. The van der Waals surface area contributed by atoms with Gasteiger partial charge in [-0.2, -0.15) is 5.26 Å². The molecule has 0 aliphatic carbocycles. The standard InChI is InChI=1S/C17H16FNO2/c1-2-16(20)15-5-3-4-6-17(15)21-11-13-7-12(10-19)8-14(18)9-13/h3-9,16,20H,2,11H2,1H3/t16-/m1/s1. The molecule has 0 fully saturated rings. The number of aliphatic hydroxyl groups is 1. The van der Waals surface area contributed by atoms with E-state index in [4.69, 9.17) is 10.00 Å². The Morgan fingerprint density at radius 2 is 2.05 bits per heavy atom. The molecule has 0 bridgehead atoms. The van der Waals surface area contributed by atoms with Crippen molar-refractivity contribution in [3.63, 3.8) is 0 Å². The normalized spacial score (nSPS) is 11.7. The molecule has 0 spiro atoms. The fourth-order valence-electron chi connectivity index (χ4n) is 2.07. The van der Waals surface area contributed by atoms with Crippen molar-refractivity contribution in [2.24, 2.45) is 0 Å². The van der Waals surface area contributed by atoms with Crippen molar-refractivity contribution < 1.29 is 14.2 Å². The van der Waals surface area contributed by atoms with Crippen LogP contribution in [0.1, 0.15) is 36.1 Å². The minimum Gasteiger partial charge on any atom is -0.489 e. The van der Waals surface area contributed by atoms with Gasteiger partial charge in [0.25, 0.3) is 0 Å². The lowest BCUT2D eigenvalue weighted by Crippen LogP contribution is -2.03. The first kappa shape index (κ1) is 15.0. The first-order valence-corrected chi connectivity index (χ1v) is 6.73. The highest BCUT2D eigenvalue weighted by atomic mass is 19.1. The molecule has 0 unspecified atom stereocenters. The molecule has 0 heterocycles. The van der Waals surface area contributed by atoms with Crippen molar-refractivity contribution in [2.75, 3.05) is 0 Å². The van der Waals surface area contributed by atoms with Gasteiger partial charge in [0, 0.05) is 5.56 Å². The fraction of sp³-hybridized carbons (Fsp3) is 0.235. The topological polar surface area (TPSA) is 53.2 Å². The molecule has 21 heavy (non-hydrogen) atoms. The Balaban J connectivity index is 2.17. The van der Waals surface area contributed by atoms with Crippen molar-refractivity contribution in [2.45, 2.75) is 26.1 Å². The number of para-hydroxylation sites is 1. The van der Waals surface area contributed by atoms with Crippen LogP contribution in [-0.4, -0.2) is 5.11 Å². The van der Waals surface area contributed by atoms with Gasteiger partial charge in [-0.15, -0.1) is 0 Å². The monoisotopic (exact) mass is 285 g/mol. The number of hydrogen-bond donors (Lipinski definition) is 1. The maximum absolute atomic E-state index is 13.4. The molecule has 0 radical (unpaired) electrons. The zero-order valence-corrected chi connectivity index (χ0v) is 11.7. The van der Waals surface area contributed by atoms with Crippen molar-refractivity contribution in [3.05, 3.63) is 65.0 Å². The Kier molecular flexibility index (Phi) is 4.91. The van der Waals surface area contributed by atoms with E-state index in [0.29, 0.717) is 23.3 Å². The molecular weight excluding hydrogens is 269 g/mol. The van der Waals surface area contributed by atoms with Gasteiger partial charge in [0.2, 0.25) is 0 Å². The van der Waals surface area contributed by atoms with Crippen LogP contribution in [0.25, 0.3) is 0 Å².